The van der Waals surface area contributed by atoms with Crippen molar-refractivity contribution >= 4 is 23.1 Å². The fourth-order valence-corrected chi connectivity index (χ4v) is 5.37. The molecule has 8 nitrogen and oxygen atoms in total. The summed E-state index contributed by atoms with van der Waals surface area (Å²) in [5.41, 5.74) is 6.73. The molecule has 2 aromatic carbocycles. The fraction of sp³-hybridized carbons (Fsp3) is 0.500. The molecular weight excluding hydrogens is 450 g/mol. The summed E-state index contributed by atoms with van der Waals surface area (Å²) in [6.45, 7) is 10.5. The smallest absolute Gasteiger partial charge is 0.337 e. The molecule has 192 valence electrons. The predicted molar refractivity (Wildman–Crippen MR) is 147 cm³/mol. The minimum atomic E-state index is -0.179. The maximum absolute atomic E-state index is 12.8. The number of urea groups is 1. The van der Waals surface area contributed by atoms with Crippen LogP contribution in [0.15, 0.2) is 47.6 Å². The number of hydrogen-bond donors (Lipinski definition) is 1. The van der Waals surface area contributed by atoms with E-state index >= 15 is 0 Å². The number of nitrogens with one attached hydrogen (secondary N) is 1. The van der Waals surface area contributed by atoms with Gasteiger partial charge < -0.3 is 24.9 Å². The summed E-state index contributed by atoms with van der Waals surface area (Å²) < 4.78 is 0. The molecule has 2 fully saturated rings. The van der Waals surface area contributed by atoms with Crippen LogP contribution >= 0.6 is 0 Å². The number of rotatable bonds is 3. The van der Waals surface area contributed by atoms with Gasteiger partial charge in [0.05, 0.1) is 11.8 Å². The first-order valence-corrected chi connectivity index (χ1v) is 13.1. The molecule has 0 aromatic heterocycles. The van der Waals surface area contributed by atoms with Crippen LogP contribution in [-0.2, 0) is 6.42 Å². The van der Waals surface area contributed by atoms with Gasteiger partial charge in [-0.05, 0) is 57.3 Å². The Labute approximate surface area is 215 Å². The van der Waals surface area contributed by atoms with E-state index in [1.54, 1.807) is 12.1 Å². The predicted octanol–water partition coefficient (Wildman–Crippen LogP) is 2.53. The molecule has 2 aromatic rings. The van der Waals surface area contributed by atoms with Gasteiger partial charge >= 0.3 is 6.03 Å². The third-order valence-electron chi connectivity index (χ3n) is 7.78. The van der Waals surface area contributed by atoms with E-state index in [4.69, 9.17) is 5.10 Å². The molecule has 2 amide bonds. The van der Waals surface area contributed by atoms with Crippen LogP contribution in [-0.4, -0.2) is 106 Å². The zero-order valence-electron chi connectivity index (χ0n) is 22.1. The second kappa shape index (κ2) is 10.5. The van der Waals surface area contributed by atoms with E-state index in [0.717, 1.165) is 75.6 Å². The van der Waals surface area contributed by atoms with Crippen LogP contribution in [0.25, 0.3) is 0 Å². The average molecular weight is 490 g/mol. The highest BCUT2D eigenvalue weighted by Gasteiger charge is 2.28. The normalized spacial score (nSPS) is 21.6. The van der Waals surface area contributed by atoms with Crippen LogP contribution in [0.4, 0.5) is 16.2 Å². The molecule has 0 aliphatic carbocycles. The van der Waals surface area contributed by atoms with Crippen molar-refractivity contribution in [2.75, 3.05) is 83.3 Å². The summed E-state index contributed by atoms with van der Waals surface area (Å²) in [6, 6.07) is 15.2. The van der Waals surface area contributed by atoms with E-state index in [0.29, 0.717) is 0 Å². The molecule has 0 bridgehead atoms. The topological polar surface area (TPSA) is 57.7 Å². The number of amides is 2. The van der Waals surface area contributed by atoms with Crippen molar-refractivity contribution in [3.05, 3.63) is 59.2 Å². The van der Waals surface area contributed by atoms with Gasteiger partial charge in [-0.1, -0.05) is 18.2 Å². The lowest BCUT2D eigenvalue weighted by Crippen LogP contribution is -2.44. The lowest BCUT2D eigenvalue weighted by atomic mass is 9.93. The number of hydrogen-bond acceptors (Lipinski definition) is 6. The van der Waals surface area contributed by atoms with E-state index in [-0.39, 0.29) is 12.1 Å². The van der Waals surface area contributed by atoms with Crippen LogP contribution in [0, 0.1) is 0 Å². The van der Waals surface area contributed by atoms with Crippen molar-refractivity contribution in [2.24, 2.45) is 5.10 Å². The van der Waals surface area contributed by atoms with Crippen molar-refractivity contribution < 1.29 is 4.79 Å². The Hall–Kier alpha value is -3.10. The highest BCUT2D eigenvalue weighted by molar-refractivity contribution is 6.14. The zero-order chi connectivity index (χ0) is 25.2. The number of nitrogens with zero attached hydrogens (tertiary/aromatic N) is 6. The number of carbonyl (C=O) groups excluding carboxylic acids is 1. The van der Waals surface area contributed by atoms with Gasteiger partial charge in [0, 0.05) is 81.9 Å². The SMILES string of the molecule is CNC(=O)N1N=C(c2ccc(N3CCN(C)CC3)cc2)c2ccc(N3CCN(C)CC3)cc2CC1C. The molecule has 36 heavy (non-hydrogen) atoms. The lowest BCUT2D eigenvalue weighted by Gasteiger charge is -2.34. The monoisotopic (exact) mass is 489 g/mol. The molecule has 3 aliphatic rings. The summed E-state index contributed by atoms with van der Waals surface area (Å²) in [7, 11) is 6.02. The summed E-state index contributed by atoms with van der Waals surface area (Å²) in [6.07, 6.45) is 0.761. The second-order valence-electron chi connectivity index (χ2n) is 10.4. The van der Waals surface area contributed by atoms with Crippen LogP contribution in [0.5, 0.6) is 0 Å². The van der Waals surface area contributed by atoms with Crippen molar-refractivity contribution in [1.29, 1.82) is 0 Å². The van der Waals surface area contributed by atoms with Crippen LogP contribution in [0.2, 0.25) is 0 Å². The molecule has 1 N–H and O–H groups in total. The summed E-state index contributed by atoms with van der Waals surface area (Å²) in [5.74, 6) is 0. The van der Waals surface area contributed by atoms with E-state index in [1.165, 1.54) is 16.9 Å². The van der Waals surface area contributed by atoms with Gasteiger partial charge in [0.1, 0.15) is 0 Å². The first-order chi connectivity index (χ1) is 17.4. The van der Waals surface area contributed by atoms with Gasteiger partial charge in [0.25, 0.3) is 0 Å². The Morgan fingerprint density at radius 2 is 1.39 bits per heavy atom. The fourth-order valence-electron chi connectivity index (χ4n) is 5.37. The molecule has 3 heterocycles. The van der Waals surface area contributed by atoms with E-state index in [9.17, 15) is 4.79 Å². The van der Waals surface area contributed by atoms with Gasteiger partial charge in [-0.25, -0.2) is 9.80 Å². The molecule has 3 aliphatic heterocycles. The lowest BCUT2D eigenvalue weighted by molar-refractivity contribution is 0.184. The first-order valence-electron chi connectivity index (χ1n) is 13.1. The molecule has 1 atom stereocenters. The highest BCUT2D eigenvalue weighted by Crippen LogP contribution is 2.29. The highest BCUT2D eigenvalue weighted by atomic mass is 16.2. The molecule has 0 spiro atoms. The van der Waals surface area contributed by atoms with E-state index in [1.807, 2.05) is 0 Å². The Balaban J connectivity index is 1.48. The third-order valence-corrected chi connectivity index (χ3v) is 7.78. The Bertz CT molecular complexity index is 1100. The number of fused-ring (bicyclic) bond motifs is 1. The zero-order valence-corrected chi connectivity index (χ0v) is 22.1. The number of carbonyl (C=O) groups is 1. The number of hydrazone groups is 1. The summed E-state index contributed by atoms with van der Waals surface area (Å²) in [5, 5.41) is 9.32. The number of benzene rings is 2. The number of piperazine rings is 2. The average Bonchev–Trinajstić information content (AvgIpc) is 3.04. The maximum atomic E-state index is 12.8. The minimum absolute atomic E-state index is 0.0476. The molecule has 0 saturated carbocycles. The minimum Gasteiger partial charge on any atom is -0.369 e. The maximum Gasteiger partial charge on any atom is 0.337 e. The van der Waals surface area contributed by atoms with Gasteiger partial charge in [-0.15, -0.1) is 0 Å². The third kappa shape index (κ3) is 5.06. The molecular formula is C28H39N7O. The van der Waals surface area contributed by atoms with Gasteiger partial charge in [0.2, 0.25) is 0 Å². The Kier molecular flexibility index (Phi) is 7.16. The van der Waals surface area contributed by atoms with Gasteiger partial charge in [-0.3, -0.25) is 0 Å². The molecule has 1 unspecified atom stereocenters. The second-order valence-corrected chi connectivity index (χ2v) is 10.4. The molecule has 0 radical (unpaired) electrons. The number of anilines is 2. The van der Waals surface area contributed by atoms with Crippen molar-refractivity contribution in [3.8, 4) is 0 Å². The molecule has 5 rings (SSSR count). The van der Waals surface area contributed by atoms with E-state index in [2.05, 4.69) is 88.4 Å². The summed E-state index contributed by atoms with van der Waals surface area (Å²) >= 11 is 0. The van der Waals surface area contributed by atoms with E-state index < -0.39 is 0 Å². The summed E-state index contributed by atoms with van der Waals surface area (Å²) in [4.78, 5) is 22.4. The Morgan fingerprint density at radius 3 is 1.97 bits per heavy atom. The van der Waals surface area contributed by atoms with Crippen LogP contribution < -0.4 is 15.1 Å². The van der Waals surface area contributed by atoms with Gasteiger partial charge in [0.15, 0.2) is 0 Å². The van der Waals surface area contributed by atoms with Crippen molar-refractivity contribution in [3.63, 3.8) is 0 Å². The van der Waals surface area contributed by atoms with Gasteiger partial charge in [-0.2, -0.15) is 5.10 Å². The van der Waals surface area contributed by atoms with Crippen LogP contribution in [0.3, 0.4) is 0 Å². The molecule has 2 saturated heterocycles. The largest absolute Gasteiger partial charge is 0.369 e. The van der Waals surface area contributed by atoms with Crippen LogP contribution in [0.1, 0.15) is 23.6 Å². The quantitative estimate of drug-likeness (QED) is 0.718. The first kappa shape index (κ1) is 24.6. The van der Waals surface area contributed by atoms with Crippen molar-refractivity contribution in [1.82, 2.24) is 20.1 Å². The van der Waals surface area contributed by atoms with Crippen molar-refractivity contribution in [2.45, 2.75) is 19.4 Å². The Morgan fingerprint density at radius 1 is 0.833 bits per heavy atom. The number of likely N-dealkylation sites (N-methyl/N-ethyl adjacent to an activating group) is 2. The standard InChI is InChI=1S/C28H39N7O/c1-21-19-23-20-25(34-17-13-32(4)14-18-34)9-10-26(23)27(30-35(21)28(36)29-2)22-5-7-24(8-6-22)33-15-11-31(3)12-16-33/h5-10,20-21H,11-19H2,1-4H3,(H,29,36). The molecule has 8 heteroatoms.